The Hall–Kier alpha value is -0.680. The average Bonchev–Trinajstić information content (AvgIpc) is 2.01. The first-order valence-electron chi connectivity index (χ1n) is 4.73. The summed E-state index contributed by atoms with van der Waals surface area (Å²) in [6.45, 7) is 10.1. The predicted octanol–water partition coefficient (Wildman–Crippen LogP) is 3.49. The van der Waals surface area contributed by atoms with Gasteiger partial charge in [0.15, 0.2) is 5.52 Å². The topological polar surface area (TPSA) is 17.1 Å². The van der Waals surface area contributed by atoms with Crippen LogP contribution < -0.4 is 0 Å². The number of rotatable bonds is 2. The Kier molecular flexibility index (Phi) is 3.44. The molecule has 0 aromatic heterocycles. The van der Waals surface area contributed by atoms with Crippen LogP contribution in [0.25, 0.3) is 0 Å². The van der Waals surface area contributed by atoms with E-state index in [1.807, 2.05) is 27.2 Å². The molecule has 0 aliphatic rings. The first-order valence-corrected chi connectivity index (χ1v) is 6.96. The van der Waals surface area contributed by atoms with E-state index in [0.29, 0.717) is 5.52 Å². The van der Waals surface area contributed by atoms with Crippen LogP contribution in [0.5, 0.6) is 0 Å². The van der Waals surface area contributed by atoms with E-state index in [0.717, 1.165) is 16.7 Å². The van der Waals surface area contributed by atoms with Crippen molar-refractivity contribution in [2.24, 2.45) is 0 Å². The zero-order valence-electron chi connectivity index (χ0n) is 9.51. The normalized spacial score (nSPS) is 10.7. The molecule has 1 rings (SSSR count). The highest BCUT2D eigenvalue weighted by molar-refractivity contribution is 7.74. The van der Waals surface area contributed by atoms with Crippen molar-refractivity contribution in [3.8, 4) is 0 Å². The Bertz CT molecular complexity index is 344. The Morgan fingerprint density at radius 3 is 1.86 bits per heavy atom. The summed E-state index contributed by atoms with van der Waals surface area (Å²) in [6, 6.07) is 4.16. The van der Waals surface area contributed by atoms with Crippen LogP contribution in [0.15, 0.2) is 12.1 Å². The van der Waals surface area contributed by atoms with Crippen molar-refractivity contribution in [2.45, 2.75) is 20.8 Å². The predicted molar refractivity (Wildman–Crippen MR) is 63.8 cm³/mol. The van der Waals surface area contributed by atoms with Crippen molar-refractivity contribution in [3.05, 3.63) is 34.4 Å². The van der Waals surface area contributed by atoms with Gasteiger partial charge in [-0.05, 0) is 53.1 Å². The van der Waals surface area contributed by atoms with Gasteiger partial charge in [0.25, 0.3) is 0 Å². The lowest BCUT2D eigenvalue weighted by Crippen LogP contribution is -2.02. The third-order valence-corrected chi connectivity index (χ3v) is 3.33. The van der Waals surface area contributed by atoms with Gasteiger partial charge in [-0.1, -0.05) is 17.7 Å². The maximum atomic E-state index is 11.9. The molecule has 0 aliphatic carbocycles. The molecule has 76 valence electrons. The van der Waals surface area contributed by atoms with Gasteiger partial charge in [-0.15, -0.1) is 0 Å². The smallest absolute Gasteiger partial charge is 0.184 e. The molecule has 0 spiro atoms. The molecule has 0 unspecified atom stereocenters. The van der Waals surface area contributed by atoms with Crippen LogP contribution in [0.1, 0.15) is 27.0 Å². The number of carbonyl (C=O) groups is 1. The fraction of sp³-hybridized carbons (Fsp3) is 0.417. The highest BCUT2D eigenvalue weighted by Gasteiger charge is 2.15. The lowest BCUT2D eigenvalue weighted by molar-refractivity contribution is 0.108. The van der Waals surface area contributed by atoms with Crippen LogP contribution in [0.3, 0.4) is 0 Å². The van der Waals surface area contributed by atoms with Crippen LogP contribution >= 0.6 is 7.92 Å². The van der Waals surface area contributed by atoms with E-state index in [-0.39, 0.29) is 0 Å². The first-order chi connectivity index (χ1) is 6.43. The molecular weight excluding hydrogens is 191 g/mol. The van der Waals surface area contributed by atoms with Gasteiger partial charge in [0.05, 0.1) is 0 Å². The Labute approximate surface area is 87.3 Å². The number of carbonyl (C=O) groups excluding carboxylic acids is 1. The summed E-state index contributed by atoms with van der Waals surface area (Å²) in [5.41, 5.74) is 4.71. The van der Waals surface area contributed by atoms with Crippen LogP contribution in [0, 0.1) is 20.8 Å². The molecule has 0 saturated heterocycles. The summed E-state index contributed by atoms with van der Waals surface area (Å²) < 4.78 is 0. The van der Waals surface area contributed by atoms with E-state index in [9.17, 15) is 4.79 Å². The second-order valence-electron chi connectivity index (χ2n) is 3.97. The third-order valence-electron chi connectivity index (χ3n) is 2.30. The molecule has 0 bridgehead atoms. The van der Waals surface area contributed by atoms with Crippen LogP contribution in [-0.2, 0) is 0 Å². The van der Waals surface area contributed by atoms with Gasteiger partial charge in [0.1, 0.15) is 0 Å². The number of hydrogen-bond donors (Lipinski definition) is 0. The molecule has 2 heteroatoms. The molecule has 14 heavy (non-hydrogen) atoms. The van der Waals surface area contributed by atoms with Crippen LogP contribution in [-0.4, -0.2) is 18.9 Å². The van der Waals surface area contributed by atoms with Crippen LogP contribution in [0.4, 0.5) is 0 Å². The third kappa shape index (κ3) is 2.22. The quantitative estimate of drug-likeness (QED) is 0.680. The summed E-state index contributed by atoms with van der Waals surface area (Å²) in [7, 11) is -0.519. The molecule has 0 fully saturated rings. The van der Waals surface area contributed by atoms with Gasteiger partial charge in [-0.25, -0.2) is 0 Å². The SMILES string of the molecule is Cc1cc(C)c(C(=O)P(C)C)c(C)c1. The fourth-order valence-corrected chi connectivity index (χ4v) is 2.54. The maximum Gasteiger partial charge on any atom is 0.184 e. The maximum absolute atomic E-state index is 11.9. The molecule has 1 aromatic rings. The van der Waals surface area contributed by atoms with Gasteiger partial charge in [-0.3, -0.25) is 4.79 Å². The molecule has 0 radical (unpaired) electrons. The monoisotopic (exact) mass is 208 g/mol. The largest absolute Gasteiger partial charge is 0.289 e. The standard InChI is InChI=1S/C12H17OP/c1-8-6-9(2)11(10(3)7-8)12(13)14(4)5/h6-7H,1-5H3. The highest BCUT2D eigenvalue weighted by atomic mass is 31.1. The zero-order valence-corrected chi connectivity index (χ0v) is 10.4. The van der Waals surface area contributed by atoms with Gasteiger partial charge < -0.3 is 0 Å². The molecule has 0 aliphatic heterocycles. The van der Waals surface area contributed by atoms with E-state index in [1.54, 1.807) is 0 Å². The molecule has 0 heterocycles. The summed E-state index contributed by atoms with van der Waals surface area (Å²) in [6.07, 6.45) is 0. The Morgan fingerprint density at radius 2 is 1.50 bits per heavy atom. The second-order valence-corrected chi connectivity index (χ2v) is 6.17. The van der Waals surface area contributed by atoms with E-state index < -0.39 is 7.92 Å². The van der Waals surface area contributed by atoms with Gasteiger partial charge in [0.2, 0.25) is 0 Å². The molecule has 0 N–H and O–H groups in total. The summed E-state index contributed by atoms with van der Waals surface area (Å²) in [5, 5.41) is 0. The summed E-state index contributed by atoms with van der Waals surface area (Å²) in [5.74, 6) is 0. The fourth-order valence-electron chi connectivity index (χ4n) is 1.74. The zero-order chi connectivity index (χ0) is 10.9. The summed E-state index contributed by atoms with van der Waals surface area (Å²) in [4.78, 5) is 11.9. The molecule has 1 aromatic carbocycles. The summed E-state index contributed by atoms with van der Waals surface area (Å²) >= 11 is 0. The minimum Gasteiger partial charge on any atom is -0.289 e. The van der Waals surface area contributed by atoms with Gasteiger partial charge in [-0.2, -0.15) is 0 Å². The van der Waals surface area contributed by atoms with E-state index in [2.05, 4.69) is 19.1 Å². The van der Waals surface area contributed by atoms with E-state index >= 15 is 0 Å². The molecule has 0 atom stereocenters. The number of hydrogen-bond acceptors (Lipinski definition) is 1. The molecule has 1 nitrogen and oxygen atoms in total. The van der Waals surface area contributed by atoms with Crippen molar-refractivity contribution >= 4 is 13.4 Å². The Morgan fingerprint density at radius 1 is 1.07 bits per heavy atom. The number of benzene rings is 1. The molecular formula is C12H17OP. The molecule has 0 saturated carbocycles. The van der Waals surface area contributed by atoms with E-state index in [4.69, 9.17) is 0 Å². The number of aryl methyl sites for hydroxylation is 3. The van der Waals surface area contributed by atoms with Gasteiger partial charge in [0, 0.05) is 5.56 Å². The molecule has 0 amide bonds. The van der Waals surface area contributed by atoms with Crippen molar-refractivity contribution in [1.82, 2.24) is 0 Å². The lowest BCUT2D eigenvalue weighted by atomic mass is 10.0. The van der Waals surface area contributed by atoms with Crippen molar-refractivity contribution in [1.29, 1.82) is 0 Å². The van der Waals surface area contributed by atoms with E-state index in [1.165, 1.54) is 5.56 Å². The van der Waals surface area contributed by atoms with Crippen molar-refractivity contribution in [2.75, 3.05) is 13.3 Å². The second kappa shape index (κ2) is 4.23. The lowest BCUT2D eigenvalue weighted by Gasteiger charge is -2.12. The average molecular weight is 208 g/mol. The van der Waals surface area contributed by atoms with Crippen molar-refractivity contribution < 1.29 is 4.79 Å². The minimum atomic E-state index is -0.519. The van der Waals surface area contributed by atoms with Gasteiger partial charge >= 0.3 is 0 Å². The van der Waals surface area contributed by atoms with Crippen LogP contribution in [0.2, 0.25) is 0 Å². The minimum absolute atomic E-state index is 0.315. The Balaban J connectivity index is 3.28. The highest BCUT2D eigenvalue weighted by Crippen LogP contribution is 2.33. The van der Waals surface area contributed by atoms with Crippen molar-refractivity contribution in [3.63, 3.8) is 0 Å². The first kappa shape index (κ1) is 11.4.